The van der Waals surface area contributed by atoms with E-state index >= 15 is 0 Å². The fourth-order valence-electron chi connectivity index (χ4n) is 3.45. The molecule has 27 heavy (non-hydrogen) atoms. The monoisotopic (exact) mass is 388 g/mol. The van der Waals surface area contributed by atoms with Crippen LogP contribution in [-0.2, 0) is 9.53 Å². The second-order valence-corrected chi connectivity index (χ2v) is 7.34. The molecule has 0 aliphatic carbocycles. The number of halogens is 1. The number of nitrogens with zero attached hydrogens (tertiary/aromatic N) is 4. The quantitative estimate of drug-likeness (QED) is 0.783. The first-order chi connectivity index (χ1) is 13.0. The number of carbonyl (C=O) groups excluding carboxylic acids is 1. The minimum atomic E-state index is -0.0999. The van der Waals surface area contributed by atoms with Crippen LogP contribution in [-0.4, -0.2) is 55.1 Å². The number of methoxy groups -OCH3 is 1. The Morgan fingerprint density at radius 2 is 2.19 bits per heavy atom. The van der Waals surface area contributed by atoms with Crippen LogP contribution < -0.4 is 4.90 Å². The number of hydrogen-bond donors (Lipinski definition) is 0. The molecule has 2 aromatic rings. The first kappa shape index (κ1) is 19.6. The molecule has 0 bridgehead atoms. The first-order valence-electron chi connectivity index (χ1n) is 9.10. The van der Waals surface area contributed by atoms with Gasteiger partial charge in [-0.1, -0.05) is 23.7 Å². The lowest BCUT2D eigenvalue weighted by molar-refractivity contribution is -0.139. The number of amides is 1. The number of ether oxygens (including phenoxy) is 1. The van der Waals surface area contributed by atoms with Crippen molar-refractivity contribution < 1.29 is 9.53 Å². The molecule has 0 spiro atoms. The van der Waals surface area contributed by atoms with Crippen LogP contribution >= 0.6 is 11.6 Å². The van der Waals surface area contributed by atoms with E-state index in [1.165, 1.54) is 0 Å². The molecule has 0 saturated carbocycles. The van der Waals surface area contributed by atoms with Gasteiger partial charge in [-0.2, -0.15) is 0 Å². The van der Waals surface area contributed by atoms with Gasteiger partial charge in [-0.25, -0.2) is 9.97 Å². The Balaban J connectivity index is 2.10. The van der Waals surface area contributed by atoms with E-state index in [0.717, 1.165) is 36.1 Å². The minimum absolute atomic E-state index is 0.00995. The molecule has 0 unspecified atom stereocenters. The summed E-state index contributed by atoms with van der Waals surface area (Å²) in [7, 11) is 5.36. The van der Waals surface area contributed by atoms with Crippen LogP contribution in [0.2, 0.25) is 5.02 Å². The third kappa shape index (κ3) is 4.39. The number of aromatic nitrogens is 2. The van der Waals surface area contributed by atoms with Gasteiger partial charge in [-0.3, -0.25) is 4.79 Å². The lowest BCUT2D eigenvalue weighted by atomic mass is 9.93. The number of likely N-dealkylation sites (tertiary alicyclic amines) is 1. The molecule has 7 heteroatoms. The van der Waals surface area contributed by atoms with Gasteiger partial charge in [0.1, 0.15) is 6.61 Å². The summed E-state index contributed by atoms with van der Waals surface area (Å²) in [5, 5.41) is 0.658. The molecule has 1 aromatic heterocycles. The van der Waals surface area contributed by atoms with Gasteiger partial charge in [0.25, 0.3) is 0 Å². The van der Waals surface area contributed by atoms with Crippen LogP contribution in [0.1, 0.15) is 31.0 Å². The maximum Gasteiger partial charge on any atom is 0.249 e. The maximum atomic E-state index is 12.6. The van der Waals surface area contributed by atoms with E-state index < -0.39 is 0 Å². The van der Waals surface area contributed by atoms with E-state index in [1.54, 1.807) is 7.11 Å². The van der Waals surface area contributed by atoms with Crippen LogP contribution in [0.5, 0.6) is 0 Å². The highest BCUT2D eigenvalue weighted by Crippen LogP contribution is 2.37. The van der Waals surface area contributed by atoms with E-state index in [0.29, 0.717) is 17.5 Å². The Morgan fingerprint density at radius 3 is 2.89 bits per heavy atom. The third-order valence-electron chi connectivity index (χ3n) is 4.75. The Kier molecular flexibility index (Phi) is 6.29. The van der Waals surface area contributed by atoms with Crippen molar-refractivity contribution in [3.63, 3.8) is 0 Å². The molecule has 3 rings (SSSR count). The van der Waals surface area contributed by atoms with Crippen LogP contribution in [0.25, 0.3) is 11.1 Å². The van der Waals surface area contributed by atoms with Gasteiger partial charge in [-0.05, 0) is 37.0 Å². The molecule has 2 heterocycles. The highest BCUT2D eigenvalue weighted by atomic mass is 35.5. The molecule has 0 radical (unpaired) electrons. The first-order valence-corrected chi connectivity index (χ1v) is 9.47. The molecule has 1 saturated heterocycles. The topological polar surface area (TPSA) is 58.6 Å². The molecule has 1 fully saturated rings. The summed E-state index contributed by atoms with van der Waals surface area (Å²) in [5.41, 5.74) is 2.72. The Bertz CT molecular complexity index is 812. The predicted molar refractivity (Wildman–Crippen MR) is 107 cm³/mol. The van der Waals surface area contributed by atoms with Crippen molar-refractivity contribution in [2.24, 2.45) is 0 Å². The zero-order chi connectivity index (χ0) is 19.4. The summed E-state index contributed by atoms with van der Waals surface area (Å²) < 4.78 is 5.08. The van der Waals surface area contributed by atoms with Crippen molar-refractivity contribution in [1.82, 2.24) is 14.9 Å². The Labute approximate surface area is 165 Å². The zero-order valence-electron chi connectivity index (χ0n) is 16.0. The van der Waals surface area contributed by atoms with Gasteiger partial charge in [0, 0.05) is 44.5 Å². The fraction of sp³-hybridized carbons (Fsp3) is 0.450. The lowest BCUT2D eigenvalue weighted by Crippen LogP contribution is -2.41. The summed E-state index contributed by atoms with van der Waals surface area (Å²) in [4.78, 5) is 25.7. The van der Waals surface area contributed by atoms with Gasteiger partial charge in [0.2, 0.25) is 11.9 Å². The molecule has 144 valence electrons. The largest absolute Gasteiger partial charge is 0.375 e. The summed E-state index contributed by atoms with van der Waals surface area (Å²) in [6.07, 6.45) is 4.74. The Hall–Kier alpha value is -2.18. The number of rotatable bonds is 5. The standard InChI is InChI=1S/C20H25ClN4O2/c1-24(2)20-22-12-16(14-7-6-8-15(21)11-14)19(23-20)17-9-4-5-10-25(17)18(26)13-27-3/h6-8,11-12,17H,4-5,9-10,13H2,1-3H3/t17-/m1/s1. The van der Waals surface area contributed by atoms with Crippen molar-refractivity contribution in [2.45, 2.75) is 25.3 Å². The number of carbonyl (C=O) groups is 1. The number of benzene rings is 1. The van der Waals surface area contributed by atoms with E-state index in [-0.39, 0.29) is 18.6 Å². The summed E-state index contributed by atoms with van der Waals surface area (Å²) in [6, 6.07) is 7.55. The minimum Gasteiger partial charge on any atom is -0.375 e. The van der Waals surface area contributed by atoms with Crippen molar-refractivity contribution >= 4 is 23.5 Å². The summed E-state index contributed by atoms with van der Waals surface area (Å²) >= 11 is 6.20. The molecule has 1 aromatic carbocycles. The van der Waals surface area contributed by atoms with Crippen molar-refractivity contribution in [1.29, 1.82) is 0 Å². The number of piperidine rings is 1. The number of hydrogen-bond acceptors (Lipinski definition) is 5. The molecular weight excluding hydrogens is 364 g/mol. The van der Waals surface area contributed by atoms with Gasteiger partial charge in [0.15, 0.2) is 0 Å². The molecular formula is C20H25ClN4O2. The van der Waals surface area contributed by atoms with Gasteiger partial charge in [0.05, 0.1) is 11.7 Å². The summed E-state index contributed by atoms with van der Waals surface area (Å²) in [6.45, 7) is 0.789. The third-order valence-corrected chi connectivity index (χ3v) is 4.98. The SMILES string of the molecule is COCC(=O)N1CCCC[C@@H]1c1nc(N(C)C)ncc1-c1cccc(Cl)c1. The van der Waals surface area contributed by atoms with Crippen molar-refractivity contribution in [3.8, 4) is 11.1 Å². The normalized spacial score (nSPS) is 17.0. The van der Waals surface area contributed by atoms with E-state index in [4.69, 9.17) is 21.3 Å². The smallest absolute Gasteiger partial charge is 0.249 e. The average molecular weight is 389 g/mol. The van der Waals surface area contributed by atoms with Gasteiger partial charge < -0.3 is 14.5 Å². The molecule has 0 N–H and O–H groups in total. The molecule has 6 nitrogen and oxygen atoms in total. The van der Waals surface area contributed by atoms with Gasteiger partial charge >= 0.3 is 0 Å². The predicted octanol–water partition coefficient (Wildman–Crippen LogP) is 3.56. The van der Waals surface area contributed by atoms with E-state index in [1.807, 2.05) is 54.4 Å². The number of anilines is 1. The van der Waals surface area contributed by atoms with Crippen LogP contribution in [0, 0.1) is 0 Å². The average Bonchev–Trinajstić information content (AvgIpc) is 2.67. The molecule has 1 aliphatic rings. The van der Waals surface area contributed by atoms with Crippen LogP contribution in [0.4, 0.5) is 5.95 Å². The highest BCUT2D eigenvalue weighted by molar-refractivity contribution is 6.30. The van der Waals surface area contributed by atoms with Crippen LogP contribution in [0.3, 0.4) is 0 Å². The lowest BCUT2D eigenvalue weighted by Gasteiger charge is -2.36. The van der Waals surface area contributed by atoms with Crippen LogP contribution in [0.15, 0.2) is 30.5 Å². The van der Waals surface area contributed by atoms with E-state index in [9.17, 15) is 4.79 Å². The second kappa shape index (κ2) is 8.67. The highest BCUT2D eigenvalue weighted by Gasteiger charge is 2.31. The fourth-order valence-corrected chi connectivity index (χ4v) is 3.64. The second-order valence-electron chi connectivity index (χ2n) is 6.91. The van der Waals surface area contributed by atoms with E-state index in [2.05, 4.69) is 4.98 Å². The zero-order valence-corrected chi connectivity index (χ0v) is 16.7. The Morgan fingerprint density at radius 1 is 1.37 bits per heavy atom. The van der Waals surface area contributed by atoms with Crippen molar-refractivity contribution in [2.75, 3.05) is 39.3 Å². The molecule has 1 aliphatic heterocycles. The molecule has 1 amide bonds. The summed E-state index contributed by atoms with van der Waals surface area (Å²) in [5.74, 6) is 0.616. The van der Waals surface area contributed by atoms with Gasteiger partial charge in [-0.15, -0.1) is 0 Å². The molecule has 1 atom stereocenters. The van der Waals surface area contributed by atoms with Crippen molar-refractivity contribution in [3.05, 3.63) is 41.2 Å². The maximum absolute atomic E-state index is 12.6.